The molecule has 0 bridgehead atoms. The van der Waals surface area contributed by atoms with E-state index in [-0.39, 0.29) is 0 Å². The van der Waals surface area contributed by atoms with Crippen molar-refractivity contribution >= 4 is 28.9 Å². The van der Waals surface area contributed by atoms with Crippen LogP contribution in [0.4, 0.5) is 5.69 Å². The highest BCUT2D eigenvalue weighted by molar-refractivity contribution is 6.32. The van der Waals surface area contributed by atoms with E-state index in [1.165, 1.54) is 0 Å². The number of nitrogens with one attached hydrogen (secondary N) is 1. The van der Waals surface area contributed by atoms with Gasteiger partial charge < -0.3 is 14.6 Å². The average Bonchev–Trinajstić information content (AvgIpc) is 3.02. The maximum atomic E-state index is 6.08. The van der Waals surface area contributed by atoms with Crippen molar-refractivity contribution in [2.24, 2.45) is 0 Å². The van der Waals surface area contributed by atoms with Gasteiger partial charge in [-0.25, -0.2) is 0 Å². The van der Waals surface area contributed by atoms with Crippen LogP contribution >= 0.6 is 23.2 Å². The minimum atomic E-state index is 0.358. The molecule has 1 aromatic heterocycles. The van der Waals surface area contributed by atoms with E-state index in [4.69, 9.17) is 32.5 Å². The number of benzene rings is 2. The first kappa shape index (κ1) is 15.6. The van der Waals surface area contributed by atoms with Gasteiger partial charge in [-0.15, -0.1) is 0 Å². The second-order valence-corrected chi connectivity index (χ2v) is 5.54. The highest BCUT2D eigenvalue weighted by Crippen LogP contribution is 2.32. The number of hydrogen-bond donors (Lipinski definition) is 1. The van der Waals surface area contributed by atoms with Crippen LogP contribution < -0.4 is 10.1 Å². The predicted octanol–water partition coefficient (Wildman–Crippen LogP) is 4.66. The summed E-state index contributed by atoms with van der Waals surface area (Å²) in [5.74, 6) is 1.54. The third-order valence-electron chi connectivity index (χ3n) is 3.17. The molecular formula is C16H13Cl2N3O2. The van der Waals surface area contributed by atoms with Gasteiger partial charge in [-0.1, -0.05) is 34.4 Å². The summed E-state index contributed by atoms with van der Waals surface area (Å²) in [5.41, 5.74) is 1.59. The van der Waals surface area contributed by atoms with Crippen molar-refractivity contribution in [3.63, 3.8) is 0 Å². The van der Waals surface area contributed by atoms with E-state index < -0.39 is 0 Å². The molecule has 7 heteroatoms. The molecule has 0 atom stereocenters. The van der Waals surface area contributed by atoms with Gasteiger partial charge in [-0.3, -0.25) is 0 Å². The molecule has 0 aliphatic rings. The fraction of sp³-hybridized carbons (Fsp3) is 0.125. The number of rotatable bonds is 5. The van der Waals surface area contributed by atoms with Crippen LogP contribution in [-0.2, 0) is 6.54 Å². The normalized spacial score (nSPS) is 10.6. The van der Waals surface area contributed by atoms with Crippen LogP contribution in [0.3, 0.4) is 0 Å². The monoisotopic (exact) mass is 349 g/mol. The standard InChI is InChI=1S/C16H13Cl2N3O2/c1-22-15-12(18)3-2-4-13(15)19-9-14-20-16(21-23-14)10-5-7-11(17)8-6-10/h2-8,19H,9H2,1H3. The number of hydrogen-bond acceptors (Lipinski definition) is 5. The van der Waals surface area contributed by atoms with Gasteiger partial charge >= 0.3 is 0 Å². The van der Waals surface area contributed by atoms with Gasteiger partial charge in [0.25, 0.3) is 0 Å². The summed E-state index contributed by atoms with van der Waals surface area (Å²) in [6.07, 6.45) is 0. The predicted molar refractivity (Wildman–Crippen MR) is 90.1 cm³/mol. The molecule has 118 valence electrons. The zero-order valence-electron chi connectivity index (χ0n) is 12.2. The third-order valence-corrected chi connectivity index (χ3v) is 3.72. The van der Waals surface area contributed by atoms with Gasteiger partial charge in [0.2, 0.25) is 11.7 Å². The Kier molecular flexibility index (Phi) is 4.69. The van der Waals surface area contributed by atoms with E-state index >= 15 is 0 Å². The van der Waals surface area contributed by atoms with Crippen molar-refractivity contribution in [1.29, 1.82) is 0 Å². The van der Waals surface area contributed by atoms with E-state index in [0.717, 1.165) is 11.3 Å². The van der Waals surface area contributed by atoms with Crippen molar-refractivity contribution in [3.8, 4) is 17.1 Å². The summed E-state index contributed by atoms with van der Waals surface area (Å²) in [6.45, 7) is 0.358. The molecule has 1 heterocycles. The molecule has 0 fully saturated rings. The second-order valence-electron chi connectivity index (χ2n) is 4.69. The van der Waals surface area contributed by atoms with Gasteiger partial charge in [-0.2, -0.15) is 4.98 Å². The molecule has 0 radical (unpaired) electrons. The average molecular weight is 350 g/mol. The van der Waals surface area contributed by atoms with Gasteiger partial charge in [-0.05, 0) is 36.4 Å². The molecule has 0 saturated carbocycles. The molecule has 3 aromatic rings. The van der Waals surface area contributed by atoms with Crippen LogP contribution in [0, 0.1) is 0 Å². The zero-order valence-corrected chi connectivity index (χ0v) is 13.7. The van der Waals surface area contributed by atoms with E-state index in [1.54, 1.807) is 25.3 Å². The van der Waals surface area contributed by atoms with Crippen molar-refractivity contribution in [3.05, 3.63) is 58.4 Å². The maximum Gasteiger partial charge on any atom is 0.246 e. The molecule has 0 spiro atoms. The molecule has 0 aliphatic carbocycles. The van der Waals surface area contributed by atoms with Crippen LogP contribution in [0.5, 0.6) is 5.75 Å². The van der Waals surface area contributed by atoms with E-state index in [9.17, 15) is 0 Å². The van der Waals surface area contributed by atoms with Crippen LogP contribution in [-0.4, -0.2) is 17.3 Å². The zero-order chi connectivity index (χ0) is 16.2. The molecule has 23 heavy (non-hydrogen) atoms. The third kappa shape index (κ3) is 3.57. The van der Waals surface area contributed by atoms with E-state index in [2.05, 4.69) is 15.5 Å². The smallest absolute Gasteiger partial charge is 0.246 e. The summed E-state index contributed by atoms with van der Waals surface area (Å²) in [5, 5.41) is 8.32. The molecule has 5 nitrogen and oxygen atoms in total. The molecule has 1 N–H and O–H groups in total. The van der Waals surface area contributed by atoms with Gasteiger partial charge in [0, 0.05) is 10.6 Å². The number of anilines is 1. The molecule has 2 aromatic carbocycles. The lowest BCUT2D eigenvalue weighted by Crippen LogP contribution is -2.02. The Balaban J connectivity index is 1.73. The van der Waals surface area contributed by atoms with Crippen LogP contribution in [0.25, 0.3) is 11.4 Å². The minimum Gasteiger partial charge on any atom is -0.493 e. The number of para-hydroxylation sites is 1. The Morgan fingerprint density at radius 1 is 1.13 bits per heavy atom. The van der Waals surface area contributed by atoms with Crippen molar-refractivity contribution < 1.29 is 9.26 Å². The summed E-state index contributed by atoms with van der Waals surface area (Å²) >= 11 is 11.9. The van der Waals surface area contributed by atoms with Gasteiger partial charge in [0.1, 0.15) is 0 Å². The van der Waals surface area contributed by atoms with Gasteiger partial charge in [0.05, 0.1) is 24.4 Å². The number of nitrogens with zero attached hydrogens (tertiary/aromatic N) is 2. The second kappa shape index (κ2) is 6.89. The molecule has 0 aliphatic heterocycles. The minimum absolute atomic E-state index is 0.358. The Bertz CT molecular complexity index is 803. The fourth-order valence-electron chi connectivity index (χ4n) is 2.07. The van der Waals surface area contributed by atoms with Crippen molar-refractivity contribution in [2.75, 3.05) is 12.4 Å². The first-order valence-corrected chi connectivity index (χ1v) is 7.58. The quantitative estimate of drug-likeness (QED) is 0.725. The summed E-state index contributed by atoms with van der Waals surface area (Å²) in [7, 11) is 1.57. The number of halogens is 2. The lowest BCUT2D eigenvalue weighted by atomic mass is 10.2. The highest BCUT2D eigenvalue weighted by Gasteiger charge is 2.11. The lowest BCUT2D eigenvalue weighted by Gasteiger charge is -2.10. The molecule has 3 rings (SSSR count). The van der Waals surface area contributed by atoms with Gasteiger partial charge in [0.15, 0.2) is 5.75 Å². The number of aromatic nitrogens is 2. The Morgan fingerprint density at radius 2 is 1.91 bits per heavy atom. The summed E-state index contributed by atoms with van der Waals surface area (Å²) in [4.78, 5) is 4.35. The number of methoxy groups -OCH3 is 1. The van der Waals surface area contributed by atoms with Crippen molar-refractivity contribution in [1.82, 2.24) is 10.1 Å². The molecular weight excluding hydrogens is 337 g/mol. The van der Waals surface area contributed by atoms with E-state index in [1.807, 2.05) is 24.3 Å². The first-order chi connectivity index (χ1) is 11.2. The van der Waals surface area contributed by atoms with E-state index in [0.29, 0.717) is 34.1 Å². The van der Waals surface area contributed by atoms with Crippen LogP contribution in [0.1, 0.15) is 5.89 Å². The summed E-state index contributed by atoms with van der Waals surface area (Å²) < 4.78 is 10.5. The largest absolute Gasteiger partial charge is 0.493 e. The molecule has 0 saturated heterocycles. The number of ether oxygens (including phenoxy) is 1. The lowest BCUT2D eigenvalue weighted by molar-refractivity contribution is 0.383. The maximum absolute atomic E-state index is 6.08. The molecule has 0 unspecified atom stereocenters. The van der Waals surface area contributed by atoms with Crippen LogP contribution in [0.15, 0.2) is 47.0 Å². The SMILES string of the molecule is COc1c(Cl)cccc1NCc1nc(-c2ccc(Cl)cc2)no1. The molecule has 0 amide bonds. The Hall–Kier alpha value is -2.24. The highest BCUT2D eigenvalue weighted by atomic mass is 35.5. The van der Waals surface area contributed by atoms with Crippen molar-refractivity contribution in [2.45, 2.75) is 6.54 Å². The Labute approximate surface area is 143 Å². The topological polar surface area (TPSA) is 60.2 Å². The first-order valence-electron chi connectivity index (χ1n) is 6.82. The van der Waals surface area contributed by atoms with Crippen LogP contribution in [0.2, 0.25) is 10.0 Å². The fourth-order valence-corrected chi connectivity index (χ4v) is 2.45. The summed E-state index contributed by atoms with van der Waals surface area (Å²) in [6, 6.07) is 12.7. The Morgan fingerprint density at radius 3 is 2.65 bits per heavy atom.